The summed E-state index contributed by atoms with van der Waals surface area (Å²) in [5.74, 6) is -0.268. The van der Waals surface area contributed by atoms with Crippen molar-refractivity contribution in [1.82, 2.24) is 5.32 Å². The van der Waals surface area contributed by atoms with Crippen LogP contribution in [0.3, 0.4) is 0 Å². The molecule has 0 aromatic rings. The van der Waals surface area contributed by atoms with Gasteiger partial charge in [0.15, 0.2) is 12.1 Å². The largest absolute Gasteiger partial charge is 0.390 e. The van der Waals surface area contributed by atoms with Gasteiger partial charge in [-0.3, -0.25) is 4.79 Å². The molecule has 0 unspecified atom stereocenters. The Morgan fingerprint density at radius 2 is 1.86 bits per heavy atom. The lowest BCUT2D eigenvalue weighted by molar-refractivity contribution is -0.387. The first-order chi connectivity index (χ1) is 20.8. The van der Waals surface area contributed by atoms with Crippen molar-refractivity contribution in [3.63, 3.8) is 0 Å². The summed E-state index contributed by atoms with van der Waals surface area (Å²) in [4.78, 5) is 12.5. The van der Waals surface area contributed by atoms with E-state index in [0.29, 0.717) is 19.1 Å². The Bertz CT molecular complexity index is 1150. The third-order valence-electron chi connectivity index (χ3n) is 11.3. The summed E-state index contributed by atoms with van der Waals surface area (Å²) in [5, 5.41) is 37.8. The van der Waals surface area contributed by atoms with E-state index in [0.717, 1.165) is 44.1 Å². The van der Waals surface area contributed by atoms with Crippen LogP contribution in [0.25, 0.3) is 0 Å². The summed E-state index contributed by atoms with van der Waals surface area (Å²) in [6.07, 6.45) is 1.09. The number of amides is 1. The highest BCUT2D eigenvalue weighted by atomic mass is 16.8. The Hall–Kier alpha value is -1.37. The number of aliphatic hydroxyl groups excluding tert-OH is 3. The van der Waals surface area contributed by atoms with E-state index in [2.05, 4.69) is 32.2 Å². The molecule has 4 N–H and O–H groups in total. The van der Waals surface area contributed by atoms with Gasteiger partial charge in [0, 0.05) is 30.9 Å². The topological polar surface area (TPSA) is 136 Å². The fourth-order valence-corrected chi connectivity index (χ4v) is 8.54. The number of carbonyl (C=O) groups is 1. The van der Waals surface area contributed by atoms with Gasteiger partial charge in [-0.15, -0.1) is 0 Å². The quantitative estimate of drug-likeness (QED) is 0.303. The zero-order chi connectivity index (χ0) is 31.6. The maximum Gasteiger partial charge on any atom is 0.223 e. The maximum atomic E-state index is 12.5. The van der Waals surface area contributed by atoms with Gasteiger partial charge in [0.05, 0.1) is 19.3 Å². The van der Waals surface area contributed by atoms with Gasteiger partial charge in [-0.1, -0.05) is 38.0 Å². The molecular weight excluding hydrogens is 566 g/mol. The molecule has 12 atom stereocenters. The Labute approximate surface area is 261 Å². The van der Waals surface area contributed by atoms with Crippen LogP contribution in [0.2, 0.25) is 0 Å². The van der Waals surface area contributed by atoms with E-state index in [9.17, 15) is 20.1 Å². The average molecular weight is 620 g/mol. The first kappa shape index (κ1) is 32.6. The standard InChI is InChI=1S/C34H53NO9/c1-17(14-35-31(39)19-7-8-19)21-11-12-34(5)13-23-20(15-40-6)9-10-22(23)18(2)26(36)30(25(21)34)43-32-28(38)27(37)29-24(42-32)16-41-33(3,4)44-29/h13,17-20,22,24,26-30,32,36-38H,7-12,14-16H2,1-6H3,(H,35,39)/b23-13-/t17-,18-,20-,22+,24-,26-,27-,28-,29-,30-,32-,34-/m1/s1. The number of allylic oxidation sites excluding steroid dienone is 1. The maximum absolute atomic E-state index is 12.5. The second-order valence-corrected chi connectivity index (χ2v) is 15.0. The molecule has 248 valence electrons. The molecule has 2 saturated heterocycles. The van der Waals surface area contributed by atoms with Crippen LogP contribution in [-0.4, -0.2) is 96.8 Å². The van der Waals surface area contributed by atoms with Gasteiger partial charge in [0.2, 0.25) is 5.91 Å². The minimum absolute atomic E-state index is 0.0321. The van der Waals surface area contributed by atoms with Crippen molar-refractivity contribution in [1.29, 1.82) is 0 Å². The van der Waals surface area contributed by atoms with Crippen molar-refractivity contribution in [2.24, 2.45) is 35.0 Å². The third-order valence-corrected chi connectivity index (χ3v) is 11.3. The number of aliphatic hydroxyl groups is 3. The van der Waals surface area contributed by atoms with Crippen LogP contribution in [0.1, 0.15) is 73.1 Å². The van der Waals surface area contributed by atoms with Crippen molar-refractivity contribution in [3.05, 3.63) is 22.8 Å². The van der Waals surface area contributed by atoms with Gasteiger partial charge in [-0.2, -0.15) is 0 Å². The summed E-state index contributed by atoms with van der Waals surface area (Å²) in [5.41, 5.74) is 3.14. The molecule has 44 heavy (non-hydrogen) atoms. The Balaban J connectivity index is 1.35. The predicted octanol–water partition coefficient (Wildman–Crippen LogP) is 2.84. The molecule has 2 heterocycles. The number of methoxy groups -OCH3 is 1. The number of rotatable bonds is 8. The molecule has 0 aromatic carbocycles. The fourth-order valence-electron chi connectivity index (χ4n) is 8.54. The van der Waals surface area contributed by atoms with Crippen molar-refractivity contribution in [2.75, 3.05) is 26.9 Å². The molecule has 6 rings (SSSR count). The zero-order valence-electron chi connectivity index (χ0n) is 27.2. The monoisotopic (exact) mass is 619 g/mol. The zero-order valence-corrected chi connectivity index (χ0v) is 27.2. The van der Waals surface area contributed by atoms with E-state index in [1.807, 2.05) is 0 Å². The Morgan fingerprint density at radius 3 is 2.57 bits per heavy atom. The van der Waals surface area contributed by atoms with Gasteiger partial charge >= 0.3 is 0 Å². The van der Waals surface area contributed by atoms with E-state index in [-0.39, 0.29) is 36.2 Å². The SMILES string of the molecule is COC[C@H]1CC[C@@H]2/C1=C\[C@@]1(C)CCC([C@H](C)CNC(=O)C3CC3)=C1[C@@H](O[C@H]1O[C@@H]3COC(C)(C)O[C@H]3[C@H](O)[C@H]1O)[C@H](O)[C@@H]2C. The molecule has 1 amide bonds. The first-order valence-corrected chi connectivity index (χ1v) is 16.7. The van der Waals surface area contributed by atoms with Gasteiger partial charge in [0.25, 0.3) is 0 Å². The lowest BCUT2D eigenvalue weighted by Crippen LogP contribution is -2.65. The molecule has 0 radical (unpaired) electrons. The molecule has 4 aliphatic carbocycles. The normalized spacial score (nSPS) is 45.3. The molecule has 10 nitrogen and oxygen atoms in total. The fraction of sp³-hybridized carbons (Fsp3) is 0.853. The molecule has 10 heteroatoms. The predicted molar refractivity (Wildman–Crippen MR) is 161 cm³/mol. The number of hydrogen-bond donors (Lipinski definition) is 4. The first-order valence-electron chi connectivity index (χ1n) is 16.7. The van der Waals surface area contributed by atoms with Crippen LogP contribution in [0.15, 0.2) is 22.8 Å². The summed E-state index contributed by atoms with van der Waals surface area (Å²) in [6, 6.07) is 0. The number of carbonyl (C=O) groups excluding carboxylic acids is 1. The molecule has 6 aliphatic rings. The molecule has 2 aliphatic heterocycles. The van der Waals surface area contributed by atoms with Gasteiger partial charge < -0.3 is 44.3 Å². The highest BCUT2D eigenvalue weighted by molar-refractivity contribution is 5.80. The highest BCUT2D eigenvalue weighted by Crippen LogP contribution is 2.55. The smallest absolute Gasteiger partial charge is 0.223 e. The van der Waals surface area contributed by atoms with Gasteiger partial charge in [-0.05, 0) is 75.7 Å². The molecule has 0 aromatic heterocycles. The summed E-state index contributed by atoms with van der Waals surface area (Å²) in [6.45, 7) is 11.3. The van der Waals surface area contributed by atoms with Crippen LogP contribution in [0.5, 0.6) is 0 Å². The summed E-state index contributed by atoms with van der Waals surface area (Å²) >= 11 is 0. The summed E-state index contributed by atoms with van der Waals surface area (Å²) in [7, 11) is 1.75. The third kappa shape index (κ3) is 6.06. The minimum atomic E-state index is -1.38. The number of nitrogens with one attached hydrogen (secondary N) is 1. The van der Waals surface area contributed by atoms with Crippen LogP contribution in [-0.2, 0) is 28.5 Å². The van der Waals surface area contributed by atoms with E-state index >= 15 is 0 Å². The van der Waals surface area contributed by atoms with E-state index in [1.165, 1.54) is 11.1 Å². The van der Waals surface area contributed by atoms with Crippen LogP contribution < -0.4 is 5.32 Å². The molecule has 0 spiro atoms. The van der Waals surface area contributed by atoms with Crippen LogP contribution >= 0.6 is 0 Å². The number of fused-ring (bicyclic) bond motifs is 3. The van der Waals surface area contributed by atoms with E-state index < -0.39 is 54.1 Å². The number of ether oxygens (including phenoxy) is 5. The van der Waals surface area contributed by atoms with Crippen molar-refractivity contribution < 1.29 is 43.8 Å². The Kier molecular flexibility index (Phi) is 9.13. The van der Waals surface area contributed by atoms with E-state index in [4.69, 9.17) is 23.7 Å². The summed E-state index contributed by atoms with van der Waals surface area (Å²) < 4.78 is 30.3. The lowest BCUT2D eigenvalue weighted by atomic mass is 9.68. The second kappa shape index (κ2) is 12.3. The molecular formula is C34H53NO9. The van der Waals surface area contributed by atoms with E-state index in [1.54, 1.807) is 21.0 Å². The Morgan fingerprint density at radius 1 is 1.11 bits per heavy atom. The minimum Gasteiger partial charge on any atom is -0.390 e. The van der Waals surface area contributed by atoms with Crippen molar-refractivity contribution >= 4 is 5.91 Å². The molecule has 0 bridgehead atoms. The highest BCUT2D eigenvalue weighted by Gasteiger charge is 2.55. The van der Waals surface area contributed by atoms with Gasteiger partial charge in [-0.25, -0.2) is 0 Å². The molecule has 4 fully saturated rings. The average Bonchev–Trinajstić information content (AvgIpc) is 3.69. The van der Waals surface area contributed by atoms with Crippen LogP contribution in [0, 0.1) is 35.0 Å². The number of hydrogen-bond acceptors (Lipinski definition) is 9. The van der Waals surface area contributed by atoms with Crippen molar-refractivity contribution in [3.8, 4) is 0 Å². The lowest BCUT2D eigenvalue weighted by Gasteiger charge is -2.50. The second-order valence-electron chi connectivity index (χ2n) is 15.0. The van der Waals surface area contributed by atoms with Crippen molar-refractivity contribution in [2.45, 2.75) is 122 Å². The van der Waals surface area contributed by atoms with Crippen LogP contribution in [0.4, 0.5) is 0 Å². The molecule has 2 saturated carbocycles. The van der Waals surface area contributed by atoms with Gasteiger partial charge in [0.1, 0.15) is 30.5 Å².